The molecule has 1 N–H and O–H groups in total. The van der Waals surface area contributed by atoms with E-state index in [0.29, 0.717) is 22.1 Å². The Morgan fingerprint density at radius 1 is 1.17 bits per heavy atom. The molecule has 0 atom stereocenters. The molecular formula is C22H21ClN4O3. The molecule has 5 rings (SSSR count). The van der Waals surface area contributed by atoms with E-state index in [0.717, 1.165) is 56.2 Å². The summed E-state index contributed by atoms with van der Waals surface area (Å²) in [6, 6.07) is 9.08. The molecule has 0 bridgehead atoms. The van der Waals surface area contributed by atoms with Gasteiger partial charge in [-0.1, -0.05) is 11.6 Å². The van der Waals surface area contributed by atoms with Crippen LogP contribution in [0.15, 0.2) is 47.1 Å². The van der Waals surface area contributed by atoms with E-state index < -0.39 is 0 Å². The van der Waals surface area contributed by atoms with Gasteiger partial charge >= 0.3 is 0 Å². The first kappa shape index (κ1) is 19.1. The number of carbonyl (C=O) groups is 1. The zero-order chi connectivity index (χ0) is 20.5. The minimum absolute atomic E-state index is 0.166. The quantitative estimate of drug-likeness (QED) is 0.633. The molecule has 30 heavy (non-hydrogen) atoms. The van der Waals surface area contributed by atoms with Crippen molar-refractivity contribution in [3.63, 3.8) is 0 Å². The molecule has 7 nitrogen and oxygen atoms in total. The Morgan fingerprint density at radius 3 is 2.90 bits per heavy atom. The molecule has 154 valence electrons. The lowest BCUT2D eigenvalue weighted by molar-refractivity contribution is -0.110. The van der Waals surface area contributed by atoms with Crippen LogP contribution in [-0.2, 0) is 16.1 Å². The first-order valence-corrected chi connectivity index (χ1v) is 10.3. The fourth-order valence-corrected chi connectivity index (χ4v) is 3.89. The Kier molecular flexibility index (Phi) is 5.16. The molecule has 4 heterocycles. The van der Waals surface area contributed by atoms with Crippen molar-refractivity contribution >= 4 is 34.8 Å². The molecule has 1 fully saturated rings. The number of nitrogens with one attached hydrogen (secondary N) is 1. The second-order valence-electron chi connectivity index (χ2n) is 7.35. The molecule has 0 saturated carbocycles. The number of halogens is 1. The van der Waals surface area contributed by atoms with Crippen LogP contribution < -0.4 is 5.32 Å². The van der Waals surface area contributed by atoms with Crippen LogP contribution in [0.2, 0.25) is 5.02 Å². The van der Waals surface area contributed by atoms with E-state index in [-0.39, 0.29) is 5.91 Å². The van der Waals surface area contributed by atoms with Gasteiger partial charge in [0.1, 0.15) is 11.5 Å². The Labute approximate surface area is 178 Å². The van der Waals surface area contributed by atoms with Crippen LogP contribution in [0, 0.1) is 0 Å². The molecule has 2 aliphatic rings. The van der Waals surface area contributed by atoms with Gasteiger partial charge in [0.25, 0.3) is 5.91 Å². The van der Waals surface area contributed by atoms with Crippen molar-refractivity contribution in [2.45, 2.75) is 6.54 Å². The second kappa shape index (κ2) is 8.10. The van der Waals surface area contributed by atoms with E-state index in [9.17, 15) is 4.79 Å². The Balaban J connectivity index is 1.31. The average molecular weight is 425 g/mol. The molecule has 8 heteroatoms. The molecule has 0 unspecified atom stereocenters. The molecule has 3 aromatic rings. The lowest BCUT2D eigenvalue weighted by atomic mass is 10.1. The number of fused-ring (bicyclic) bond motifs is 1. The highest BCUT2D eigenvalue weighted by molar-refractivity contribution is 6.36. The number of hydrogen-bond acceptors (Lipinski definition) is 5. The van der Waals surface area contributed by atoms with Crippen LogP contribution in [0.3, 0.4) is 0 Å². The van der Waals surface area contributed by atoms with Crippen molar-refractivity contribution in [3.8, 4) is 11.3 Å². The summed E-state index contributed by atoms with van der Waals surface area (Å²) in [6.07, 6.45) is 5.52. The fraction of sp³-hybridized carbons (Fsp3) is 0.273. The largest absolute Gasteiger partial charge is 0.457 e. The zero-order valence-corrected chi connectivity index (χ0v) is 17.1. The molecular weight excluding hydrogens is 404 g/mol. The SMILES string of the molecule is O=C1Nc2ccc(Cl)cc2/C1=C/c1ccc(-c2cnn(CCN3CCOCC3)c2)o1. The molecule has 2 aromatic heterocycles. The Bertz CT molecular complexity index is 1110. The van der Waals surface area contributed by atoms with Crippen LogP contribution in [-0.4, -0.2) is 53.4 Å². The first-order chi connectivity index (χ1) is 14.7. The third kappa shape index (κ3) is 3.92. The molecule has 1 saturated heterocycles. The highest BCUT2D eigenvalue weighted by atomic mass is 35.5. The first-order valence-electron chi connectivity index (χ1n) is 9.91. The summed E-state index contributed by atoms with van der Waals surface area (Å²) >= 11 is 6.09. The van der Waals surface area contributed by atoms with Gasteiger partial charge in [0.05, 0.1) is 37.1 Å². The van der Waals surface area contributed by atoms with E-state index in [1.54, 1.807) is 30.5 Å². The molecule has 1 amide bonds. The van der Waals surface area contributed by atoms with E-state index in [2.05, 4.69) is 15.3 Å². The van der Waals surface area contributed by atoms with Crippen LogP contribution in [0.25, 0.3) is 23.0 Å². The number of morpholine rings is 1. The number of carbonyl (C=O) groups excluding carboxylic acids is 1. The maximum atomic E-state index is 12.3. The smallest absolute Gasteiger partial charge is 0.256 e. The number of ether oxygens (including phenoxy) is 1. The second-order valence-corrected chi connectivity index (χ2v) is 7.79. The number of nitrogens with zero attached hydrogens (tertiary/aromatic N) is 3. The van der Waals surface area contributed by atoms with E-state index in [1.165, 1.54) is 0 Å². The number of anilines is 1. The lowest BCUT2D eigenvalue weighted by Gasteiger charge is -2.26. The average Bonchev–Trinajstić information content (AvgIpc) is 3.48. The summed E-state index contributed by atoms with van der Waals surface area (Å²) in [4.78, 5) is 14.7. The van der Waals surface area contributed by atoms with Gasteiger partial charge in [-0.25, -0.2) is 0 Å². The molecule has 1 aromatic carbocycles. The number of furan rings is 1. The lowest BCUT2D eigenvalue weighted by Crippen LogP contribution is -2.38. The number of aromatic nitrogens is 2. The van der Waals surface area contributed by atoms with Crippen molar-refractivity contribution in [3.05, 3.63) is 59.1 Å². The van der Waals surface area contributed by atoms with Crippen molar-refractivity contribution in [2.75, 3.05) is 38.2 Å². The van der Waals surface area contributed by atoms with Crippen molar-refractivity contribution in [1.29, 1.82) is 0 Å². The normalized spacial score (nSPS) is 18.0. The third-order valence-electron chi connectivity index (χ3n) is 5.34. The van der Waals surface area contributed by atoms with Gasteiger partial charge in [0.2, 0.25) is 0 Å². The number of benzene rings is 1. The molecule has 0 aliphatic carbocycles. The van der Waals surface area contributed by atoms with E-state index >= 15 is 0 Å². The monoisotopic (exact) mass is 424 g/mol. The van der Waals surface area contributed by atoms with Gasteiger partial charge in [0.15, 0.2) is 0 Å². The Hall–Kier alpha value is -2.87. The van der Waals surface area contributed by atoms with Crippen molar-refractivity contribution < 1.29 is 13.9 Å². The van der Waals surface area contributed by atoms with Crippen molar-refractivity contribution in [2.24, 2.45) is 0 Å². The minimum Gasteiger partial charge on any atom is -0.457 e. The fourth-order valence-electron chi connectivity index (χ4n) is 3.71. The van der Waals surface area contributed by atoms with E-state index in [4.69, 9.17) is 20.8 Å². The third-order valence-corrected chi connectivity index (χ3v) is 5.58. The summed E-state index contributed by atoms with van der Waals surface area (Å²) in [6.45, 7) is 5.28. The topological polar surface area (TPSA) is 72.5 Å². The van der Waals surface area contributed by atoms with E-state index in [1.807, 2.05) is 23.0 Å². The summed E-state index contributed by atoms with van der Waals surface area (Å²) in [7, 11) is 0. The predicted octanol–water partition coefficient (Wildman–Crippen LogP) is 3.62. The van der Waals surface area contributed by atoms with Gasteiger partial charge in [-0.15, -0.1) is 0 Å². The summed E-state index contributed by atoms with van der Waals surface area (Å²) in [5.41, 5.74) is 2.97. The van der Waals surface area contributed by atoms with Crippen LogP contribution in [0.5, 0.6) is 0 Å². The highest BCUT2D eigenvalue weighted by Gasteiger charge is 2.24. The Morgan fingerprint density at radius 2 is 2.03 bits per heavy atom. The molecule has 0 spiro atoms. The highest BCUT2D eigenvalue weighted by Crippen LogP contribution is 2.35. The summed E-state index contributed by atoms with van der Waals surface area (Å²) in [5.74, 6) is 1.15. The number of amides is 1. The van der Waals surface area contributed by atoms with Gasteiger partial charge in [-0.05, 0) is 36.4 Å². The van der Waals surface area contributed by atoms with Crippen LogP contribution in [0.4, 0.5) is 5.69 Å². The van der Waals surface area contributed by atoms with Gasteiger partial charge < -0.3 is 14.5 Å². The van der Waals surface area contributed by atoms with Gasteiger partial charge in [0, 0.05) is 42.1 Å². The molecule has 2 aliphatic heterocycles. The maximum absolute atomic E-state index is 12.3. The zero-order valence-electron chi connectivity index (χ0n) is 16.3. The van der Waals surface area contributed by atoms with Crippen LogP contribution >= 0.6 is 11.6 Å². The predicted molar refractivity (Wildman–Crippen MR) is 115 cm³/mol. The molecule has 0 radical (unpaired) electrons. The van der Waals surface area contributed by atoms with Crippen LogP contribution in [0.1, 0.15) is 11.3 Å². The summed E-state index contributed by atoms with van der Waals surface area (Å²) in [5, 5.41) is 7.87. The van der Waals surface area contributed by atoms with Gasteiger partial charge in [-0.3, -0.25) is 14.4 Å². The standard InChI is InChI=1S/C22H21ClN4O3/c23-16-1-3-20-18(11-16)19(22(28)25-20)12-17-2-4-21(30-17)15-13-24-27(14-15)6-5-26-7-9-29-10-8-26/h1-4,11-14H,5-10H2,(H,25,28)/b19-12-. The number of hydrogen-bond donors (Lipinski definition) is 1. The summed E-state index contributed by atoms with van der Waals surface area (Å²) < 4.78 is 13.3. The maximum Gasteiger partial charge on any atom is 0.256 e. The van der Waals surface area contributed by atoms with Gasteiger partial charge in [-0.2, -0.15) is 5.10 Å². The van der Waals surface area contributed by atoms with Crippen molar-refractivity contribution in [1.82, 2.24) is 14.7 Å². The minimum atomic E-state index is -0.166. The number of rotatable bonds is 5.